The molecule has 130 valence electrons. The summed E-state index contributed by atoms with van der Waals surface area (Å²) in [6.45, 7) is 0. The van der Waals surface area contributed by atoms with Gasteiger partial charge in [0.15, 0.2) is 0 Å². The molecule has 1 heterocycles. The van der Waals surface area contributed by atoms with Gasteiger partial charge in [-0.3, -0.25) is 0 Å². The van der Waals surface area contributed by atoms with Gasteiger partial charge in [-0.05, 0) is 47.6 Å². The van der Waals surface area contributed by atoms with E-state index in [9.17, 15) is 0 Å². The number of benzene rings is 3. The molecular weight excluding hydrogens is 356 g/mol. The first-order valence-corrected chi connectivity index (χ1v) is 10.7. The van der Waals surface area contributed by atoms with Crippen LogP contribution in [0.1, 0.15) is 43.6 Å². The minimum absolute atomic E-state index is 0.764. The smallest absolute Gasteiger partial charge is 0.0433 e. The van der Waals surface area contributed by atoms with Gasteiger partial charge in [0.2, 0.25) is 0 Å². The summed E-state index contributed by atoms with van der Waals surface area (Å²) in [6, 6.07) is 22.2. The molecular formula is C24H21ClS. The van der Waals surface area contributed by atoms with Crippen LogP contribution in [0.4, 0.5) is 0 Å². The van der Waals surface area contributed by atoms with E-state index in [-0.39, 0.29) is 0 Å². The highest BCUT2D eigenvalue weighted by molar-refractivity contribution is 7.26. The SMILES string of the molecule is Clc1ccc2c(c1)sc1c(-c3ccc(C4CCCCC4)cc3)cccc12. The summed E-state index contributed by atoms with van der Waals surface area (Å²) in [5, 5.41) is 3.44. The molecule has 0 radical (unpaired) electrons. The normalized spacial score (nSPS) is 15.7. The molecule has 0 atom stereocenters. The van der Waals surface area contributed by atoms with Crippen LogP contribution in [0.15, 0.2) is 60.7 Å². The van der Waals surface area contributed by atoms with Crippen LogP contribution < -0.4 is 0 Å². The van der Waals surface area contributed by atoms with E-state index < -0.39 is 0 Å². The Kier molecular flexibility index (Phi) is 4.23. The van der Waals surface area contributed by atoms with Gasteiger partial charge < -0.3 is 0 Å². The molecule has 1 aliphatic rings. The zero-order valence-corrected chi connectivity index (χ0v) is 16.2. The Morgan fingerprint density at radius 2 is 1.62 bits per heavy atom. The first-order valence-electron chi connectivity index (χ1n) is 9.51. The van der Waals surface area contributed by atoms with Crippen LogP contribution in [0.5, 0.6) is 0 Å². The fourth-order valence-electron chi connectivity index (χ4n) is 4.37. The second-order valence-corrected chi connectivity index (χ2v) is 8.87. The predicted molar refractivity (Wildman–Crippen MR) is 116 cm³/mol. The lowest BCUT2D eigenvalue weighted by molar-refractivity contribution is 0.443. The number of fused-ring (bicyclic) bond motifs is 3. The quantitative estimate of drug-likeness (QED) is 0.329. The lowest BCUT2D eigenvalue weighted by Gasteiger charge is -2.22. The van der Waals surface area contributed by atoms with E-state index in [2.05, 4.69) is 54.6 Å². The maximum atomic E-state index is 6.20. The maximum absolute atomic E-state index is 6.20. The molecule has 3 aromatic carbocycles. The molecule has 0 N–H and O–H groups in total. The standard InChI is InChI=1S/C24H21ClS/c25-19-13-14-21-22-8-4-7-20(24(22)26-23(21)15-19)18-11-9-17(10-12-18)16-5-2-1-3-6-16/h4,7-16H,1-3,5-6H2. The molecule has 5 rings (SSSR count). The Labute approximate surface area is 163 Å². The molecule has 0 saturated heterocycles. The van der Waals surface area contributed by atoms with Crippen LogP contribution >= 0.6 is 22.9 Å². The van der Waals surface area contributed by atoms with Gasteiger partial charge in [0.1, 0.15) is 0 Å². The summed E-state index contributed by atoms with van der Waals surface area (Å²) in [5.41, 5.74) is 4.16. The van der Waals surface area contributed by atoms with Gasteiger partial charge in [-0.2, -0.15) is 0 Å². The summed E-state index contributed by atoms with van der Waals surface area (Å²) in [6.07, 6.45) is 6.89. The molecule has 2 heteroatoms. The number of rotatable bonds is 2. The summed E-state index contributed by atoms with van der Waals surface area (Å²) in [4.78, 5) is 0. The molecule has 4 aromatic rings. The van der Waals surface area contributed by atoms with Gasteiger partial charge in [-0.25, -0.2) is 0 Å². The molecule has 1 aliphatic carbocycles. The van der Waals surface area contributed by atoms with Gasteiger partial charge in [0, 0.05) is 25.2 Å². The minimum Gasteiger partial charge on any atom is -0.134 e. The van der Waals surface area contributed by atoms with E-state index in [4.69, 9.17) is 11.6 Å². The molecule has 1 fully saturated rings. The van der Waals surface area contributed by atoms with Crippen LogP contribution in [0, 0.1) is 0 Å². The van der Waals surface area contributed by atoms with E-state index in [1.165, 1.54) is 69.0 Å². The second-order valence-electron chi connectivity index (χ2n) is 7.38. The van der Waals surface area contributed by atoms with Crippen LogP contribution in [-0.4, -0.2) is 0 Å². The van der Waals surface area contributed by atoms with E-state index in [0.717, 1.165) is 10.9 Å². The molecule has 1 aromatic heterocycles. The molecule has 0 spiro atoms. The average Bonchev–Trinajstić information content (AvgIpc) is 3.06. The van der Waals surface area contributed by atoms with Crippen molar-refractivity contribution in [1.82, 2.24) is 0 Å². The fraction of sp³-hybridized carbons (Fsp3) is 0.250. The van der Waals surface area contributed by atoms with Crippen molar-refractivity contribution in [2.45, 2.75) is 38.0 Å². The number of hydrogen-bond acceptors (Lipinski definition) is 1. The predicted octanol–water partition coefficient (Wildman–Crippen LogP) is 8.42. The molecule has 0 amide bonds. The van der Waals surface area contributed by atoms with Crippen molar-refractivity contribution in [2.24, 2.45) is 0 Å². The lowest BCUT2D eigenvalue weighted by Crippen LogP contribution is -2.04. The van der Waals surface area contributed by atoms with Crippen molar-refractivity contribution in [3.05, 3.63) is 71.2 Å². The summed E-state index contributed by atoms with van der Waals surface area (Å²) >= 11 is 8.05. The van der Waals surface area contributed by atoms with Gasteiger partial charge >= 0.3 is 0 Å². The molecule has 0 unspecified atom stereocenters. The molecule has 0 bridgehead atoms. The van der Waals surface area contributed by atoms with Crippen molar-refractivity contribution in [2.75, 3.05) is 0 Å². The van der Waals surface area contributed by atoms with Crippen LogP contribution in [0.25, 0.3) is 31.3 Å². The Balaban J connectivity index is 1.59. The van der Waals surface area contributed by atoms with Gasteiger partial charge in [0.05, 0.1) is 0 Å². The lowest BCUT2D eigenvalue weighted by atomic mass is 9.83. The average molecular weight is 377 g/mol. The highest BCUT2D eigenvalue weighted by Crippen LogP contribution is 2.41. The summed E-state index contributed by atoms with van der Waals surface area (Å²) in [7, 11) is 0. The van der Waals surface area contributed by atoms with E-state index in [0.29, 0.717) is 0 Å². The highest BCUT2D eigenvalue weighted by Gasteiger charge is 2.16. The van der Waals surface area contributed by atoms with Crippen molar-refractivity contribution < 1.29 is 0 Å². The van der Waals surface area contributed by atoms with Crippen molar-refractivity contribution in [3.8, 4) is 11.1 Å². The number of thiophene rings is 1. The second kappa shape index (κ2) is 6.72. The fourth-order valence-corrected chi connectivity index (χ4v) is 5.88. The van der Waals surface area contributed by atoms with E-state index in [1.807, 2.05) is 17.4 Å². The largest absolute Gasteiger partial charge is 0.134 e. The highest BCUT2D eigenvalue weighted by atomic mass is 35.5. The third-order valence-corrected chi connectivity index (χ3v) is 7.20. The van der Waals surface area contributed by atoms with E-state index >= 15 is 0 Å². The van der Waals surface area contributed by atoms with Crippen molar-refractivity contribution >= 4 is 43.1 Å². The summed E-state index contributed by atoms with van der Waals surface area (Å²) in [5.74, 6) is 0.764. The topological polar surface area (TPSA) is 0 Å². The van der Waals surface area contributed by atoms with Crippen molar-refractivity contribution in [3.63, 3.8) is 0 Å². The number of hydrogen-bond donors (Lipinski definition) is 0. The molecule has 0 nitrogen and oxygen atoms in total. The van der Waals surface area contributed by atoms with Gasteiger partial charge in [-0.15, -0.1) is 11.3 Å². The van der Waals surface area contributed by atoms with Crippen LogP contribution in [0.2, 0.25) is 5.02 Å². The first-order chi connectivity index (χ1) is 12.8. The molecule has 0 aliphatic heterocycles. The van der Waals surface area contributed by atoms with Crippen LogP contribution in [-0.2, 0) is 0 Å². The first kappa shape index (κ1) is 16.4. The van der Waals surface area contributed by atoms with Gasteiger partial charge in [0.25, 0.3) is 0 Å². The zero-order valence-electron chi connectivity index (χ0n) is 14.7. The van der Waals surface area contributed by atoms with E-state index in [1.54, 1.807) is 0 Å². The third-order valence-electron chi connectivity index (χ3n) is 5.76. The number of halogens is 1. The minimum atomic E-state index is 0.764. The monoisotopic (exact) mass is 376 g/mol. The molecule has 26 heavy (non-hydrogen) atoms. The summed E-state index contributed by atoms with van der Waals surface area (Å²) < 4.78 is 2.62. The maximum Gasteiger partial charge on any atom is 0.0433 e. The van der Waals surface area contributed by atoms with Gasteiger partial charge in [-0.1, -0.05) is 79.4 Å². The Morgan fingerprint density at radius 1 is 0.808 bits per heavy atom. The third kappa shape index (κ3) is 2.84. The molecule has 1 saturated carbocycles. The zero-order chi connectivity index (χ0) is 17.5. The van der Waals surface area contributed by atoms with Crippen molar-refractivity contribution in [1.29, 1.82) is 0 Å². The van der Waals surface area contributed by atoms with Crippen LogP contribution in [0.3, 0.4) is 0 Å². The Morgan fingerprint density at radius 3 is 2.42 bits per heavy atom. The Bertz CT molecular complexity index is 1070. The Hall–Kier alpha value is -1.83.